The van der Waals surface area contributed by atoms with Crippen LogP contribution in [0.2, 0.25) is 0 Å². The van der Waals surface area contributed by atoms with Crippen molar-refractivity contribution in [1.82, 2.24) is 0 Å². The zero-order chi connectivity index (χ0) is 17.1. The predicted molar refractivity (Wildman–Crippen MR) is 93.5 cm³/mol. The van der Waals surface area contributed by atoms with Crippen LogP contribution in [-0.4, -0.2) is 29.7 Å². The zero-order valence-electron chi connectivity index (χ0n) is 15.6. The van der Waals surface area contributed by atoms with Gasteiger partial charge in [0.25, 0.3) is 0 Å². The lowest BCUT2D eigenvalue weighted by molar-refractivity contribution is -0.175. The molecular weight excluding hydrogens is 300 g/mol. The van der Waals surface area contributed by atoms with Gasteiger partial charge in [-0.2, -0.15) is 0 Å². The number of fused-ring (bicyclic) bond motifs is 5. The molecule has 0 amide bonds. The molecule has 3 aliphatic carbocycles. The molecule has 0 aromatic rings. The molecule has 3 heteroatoms. The number of hydrogen-bond acceptors (Lipinski definition) is 3. The lowest BCUT2D eigenvalue weighted by Crippen LogP contribution is -2.57. The number of rotatable bonds is 1. The summed E-state index contributed by atoms with van der Waals surface area (Å²) < 4.78 is 5.94. The highest BCUT2D eigenvalue weighted by atomic mass is 16.5. The fraction of sp³-hybridized carbons (Fsp3) is 0.952. The minimum Gasteiger partial charge on any atom is -0.390 e. The molecular formula is C21H34O3. The quantitative estimate of drug-likeness (QED) is 0.793. The Kier molecular flexibility index (Phi) is 4.12. The third kappa shape index (κ3) is 2.58. The second-order valence-electron chi connectivity index (χ2n) is 9.92. The molecule has 0 aromatic heterocycles. The number of ketones is 1. The Morgan fingerprint density at radius 3 is 2.50 bits per heavy atom. The number of Topliss-reactive ketones (excluding diaryl/α,β-unsaturated/α-hetero) is 1. The van der Waals surface area contributed by atoms with E-state index in [9.17, 15) is 9.90 Å². The summed E-state index contributed by atoms with van der Waals surface area (Å²) in [6.07, 6.45) is 8.16. The van der Waals surface area contributed by atoms with Gasteiger partial charge in [0.2, 0.25) is 0 Å². The zero-order valence-corrected chi connectivity index (χ0v) is 15.6. The van der Waals surface area contributed by atoms with Gasteiger partial charge in [-0.05, 0) is 93.8 Å². The summed E-state index contributed by atoms with van der Waals surface area (Å²) >= 11 is 0. The van der Waals surface area contributed by atoms with Crippen LogP contribution in [0, 0.1) is 40.9 Å². The van der Waals surface area contributed by atoms with E-state index >= 15 is 0 Å². The Morgan fingerprint density at radius 2 is 1.75 bits per heavy atom. The molecule has 4 aliphatic rings. The first-order valence-corrected chi connectivity index (χ1v) is 10.1. The summed E-state index contributed by atoms with van der Waals surface area (Å²) in [5.41, 5.74) is -0.289. The van der Waals surface area contributed by atoms with E-state index in [0.717, 1.165) is 37.2 Å². The van der Waals surface area contributed by atoms with E-state index in [2.05, 4.69) is 6.92 Å². The van der Waals surface area contributed by atoms with E-state index in [-0.39, 0.29) is 11.3 Å². The van der Waals surface area contributed by atoms with Crippen molar-refractivity contribution in [2.45, 2.75) is 71.3 Å². The molecule has 0 unspecified atom stereocenters. The van der Waals surface area contributed by atoms with Crippen LogP contribution < -0.4 is 0 Å². The molecule has 0 aromatic carbocycles. The molecule has 136 valence electrons. The van der Waals surface area contributed by atoms with Crippen molar-refractivity contribution in [2.75, 3.05) is 13.2 Å². The summed E-state index contributed by atoms with van der Waals surface area (Å²) in [6, 6.07) is 0. The summed E-state index contributed by atoms with van der Waals surface area (Å²) in [5.74, 6) is 4.02. The Bertz CT molecular complexity index is 513. The molecule has 4 fully saturated rings. The first-order chi connectivity index (χ1) is 11.3. The van der Waals surface area contributed by atoms with Crippen LogP contribution >= 0.6 is 0 Å². The molecule has 1 N–H and O–H groups in total. The van der Waals surface area contributed by atoms with Gasteiger partial charge in [-0.25, -0.2) is 0 Å². The fourth-order valence-corrected chi connectivity index (χ4v) is 7.26. The van der Waals surface area contributed by atoms with E-state index in [1.165, 1.54) is 32.1 Å². The third-order valence-corrected chi connectivity index (χ3v) is 8.54. The summed E-state index contributed by atoms with van der Waals surface area (Å²) in [4.78, 5) is 12.2. The van der Waals surface area contributed by atoms with Gasteiger partial charge < -0.3 is 9.84 Å². The number of hydrogen-bond donors (Lipinski definition) is 1. The summed E-state index contributed by atoms with van der Waals surface area (Å²) in [6.45, 7) is 7.65. The third-order valence-electron chi connectivity index (χ3n) is 8.54. The van der Waals surface area contributed by atoms with Crippen LogP contribution in [0.4, 0.5) is 0 Å². The maximum absolute atomic E-state index is 12.2. The Labute approximate surface area is 146 Å². The van der Waals surface area contributed by atoms with Gasteiger partial charge in [-0.1, -0.05) is 6.92 Å². The number of carbonyl (C=O) groups excluding carboxylic acids is 1. The van der Waals surface area contributed by atoms with E-state index < -0.39 is 5.60 Å². The Balaban J connectivity index is 1.57. The smallest absolute Gasteiger partial charge is 0.135 e. The van der Waals surface area contributed by atoms with Crippen molar-refractivity contribution in [3.63, 3.8) is 0 Å². The monoisotopic (exact) mass is 334 g/mol. The van der Waals surface area contributed by atoms with Crippen LogP contribution in [0.15, 0.2) is 0 Å². The highest BCUT2D eigenvalue weighted by Gasteiger charge is 2.57. The highest BCUT2D eigenvalue weighted by molar-refractivity contribution is 5.79. The van der Waals surface area contributed by atoms with Crippen LogP contribution in [0.25, 0.3) is 0 Å². The SMILES string of the molecule is CC(=O)[C@H]1COC[C@H]2[C@@H]3CC[C@@H]4C[C@](C)(O)CC[C@@H]4[C@H]3CC[C@]12C. The average Bonchev–Trinajstić information content (AvgIpc) is 2.51. The second-order valence-corrected chi connectivity index (χ2v) is 9.92. The van der Waals surface area contributed by atoms with Gasteiger partial charge in [-0.3, -0.25) is 4.79 Å². The van der Waals surface area contributed by atoms with Crippen molar-refractivity contribution < 1.29 is 14.6 Å². The molecule has 3 nitrogen and oxygen atoms in total. The van der Waals surface area contributed by atoms with Crippen LogP contribution in [0.5, 0.6) is 0 Å². The van der Waals surface area contributed by atoms with Crippen molar-refractivity contribution in [1.29, 1.82) is 0 Å². The molecule has 0 bridgehead atoms. The summed E-state index contributed by atoms with van der Waals surface area (Å²) in [5, 5.41) is 10.5. The van der Waals surface area contributed by atoms with Gasteiger partial charge in [0.05, 0.1) is 18.8 Å². The molecule has 24 heavy (non-hydrogen) atoms. The predicted octanol–water partition coefficient (Wildman–Crippen LogP) is 3.83. The van der Waals surface area contributed by atoms with E-state index in [1.807, 2.05) is 6.92 Å². The molecule has 1 heterocycles. The minimum absolute atomic E-state index is 0.0991. The van der Waals surface area contributed by atoms with Crippen LogP contribution in [-0.2, 0) is 9.53 Å². The van der Waals surface area contributed by atoms with E-state index in [4.69, 9.17) is 4.74 Å². The van der Waals surface area contributed by atoms with Gasteiger partial charge in [0, 0.05) is 5.92 Å². The number of ether oxygens (including phenoxy) is 1. The van der Waals surface area contributed by atoms with Crippen molar-refractivity contribution in [3.05, 3.63) is 0 Å². The lowest BCUT2D eigenvalue weighted by Gasteiger charge is -2.60. The summed E-state index contributed by atoms with van der Waals surface area (Å²) in [7, 11) is 0. The standard InChI is InChI=1S/C21H34O3/c1-13(22)18-11-24-12-19-17-5-4-14-10-20(2,23)8-6-15(14)16(17)7-9-21(18,19)3/h14-19,23H,4-12H2,1-3H3/t14-,15+,16-,17-,18-,19+,20-,21-/m1/s1. The Hall–Kier alpha value is -0.410. The molecule has 1 saturated heterocycles. The number of aliphatic hydroxyl groups is 1. The first-order valence-electron chi connectivity index (χ1n) is 10.1. The lowest BCUT2D eigenvalue weighted by atomic mass is 9.46. The Morgan fingerprint density at radius 1 is 1.00 bits per heavy atom. The van der Waals surface area contributed by atoms with E-state index in [0.29, 0.717) is 24.2 Å². The molecule has 0 spiro atoms. The van der Waals surface area contributed by atoms with Crippen LogP contribution in [0.1, 0.15) is 65.7 Å². The van der Waals surface area contributed by atoms with Crippen molar-refractivity contribution in [2.24, 2.45) is 40.9 Å². The van der Waals surface area contributed by atoms with Gasteiger partial charge in [-0.15, -0.1) is 0 Å². The minimum atomic E-state index is -0.440. The highest BCUT2D eigenvalue weighted by Crippen LogP contribution is 2.61. The molecule has 1 aliphatic heterocycles. The second kappa shape index (κ2) is 5.81. The molecule has 3 saturated carbocycles. The fourth-order valence-electron chi connectivity index (χ4n) is 7.26. The maximum Gasteiger partial charge on any atom is 0.135 e. The molecule has 8 atom stereocenters. The van der Waals surface area contributed by atoms with Crippen LogP contribution in [0.3, 0.4) is 0 Å². The normalized spacial score (nSPS) is 54.3. The van der Waals surface area contributed by atoms with Crippen molar-refractivity contribution >= 4 is 5.78 Å². The molecule has 4 rings (SSSR count). The van der Waals surface area contributed by atoms with Crippen molar-refractivity contribution in [3.8, 4) is 0 Å². The maximum atomic E-state index is 12.2. The largest absolute Gasteiger partial charge is 0.390 e. The average molecular weight is 335 g/mol. The van der Waals surface area contributed by atoms with E-state index in [1.54, 1.807) is 6.92 Å². The number of carbonyl (C=O) groups is 1. The molecule has 0 radical (unpaired) electrons. The van der Waals surface area contributed by atoms with Gasteiger partial charge >= 0.3 is 0 Å². The topological polar surface area (TPSA) is 46.5 Å². The van der Waals surface area contributed by atoms with Gasteiger partial charge in [0.15, 0.2) is 0 Å². The van der Waals surface area contributed by atoms with Gasteiger partial charge in [0.1, 0.15) is 5.78 Å². The first kappa shape index (κ1) is 17.0.